The van der Waals surface area contributed by atoms with Crippen molar-refractivity contribution in [1.82, 2.24) is 0 Å². The van der Waals surface area contributed by atoms with Crippen LogP contribution in [0.4, 0.5) is 0 Å². The van der Waals surface area contributed by atoms with E-state index in [2.05, 4.69) is 148 Å². The molecule has 0 fully saturated rings. The van der Waals surface area contributed by atoms with Crippen LogP contribution in [0.25, 0.3) is 21.5 Å². The molecule has 0 saturated carbocycles. The molecule has 0 saturated heterocycles. The zero-order chi connectivity index (χ0) is 26.7. The SMILES string of the molecule is C=CC=CC.Cc1ccc(C)c2[cH-]ccc12.[Zr+2].c1ccc(P(c2ccccc2)c2cc3ccccc3[cH-]2)cc1. The average Bonchev–Trinajstić information content (AvgIpc) is 3.62. The predicted molar refractivity (Wildman–Crippen MR) is 172 cm³/mol. The topological polar surface area (TPSA) is 0 Å². The fourth-order valence-corrected chi connectivity index (χ4v) is 6.91. The molecule has 39 heavy (non-hydrogen) atoms. The van der Waals surface area contributed by atoms with Crippen LogP contribution in [0.5, 0.6) is 0 Å². The van der Waals surface area contributed by atoms with Gasteiger partial charge in [0.1, 0.15) is 0 Å². The molecule has 0 nitrogen and oxygen atoms in total. The molecule has 0 heterocycles. The first kappa shape index (κ1) is 30.4. The minimum Gasteiger partial charge on any atom is -0.168 e. The second-order valence-corrected chi connectivity index (χ2v) is 11.4. The van der Waals surface area contributed by atoms with Crippen LogP contribution in [-0.4, -0.2) is 0 Å². The summed E-state index contributed by atoms with van der Waals surface area (Å²) in [5.74, 6) is 0. The molecule has 0 spiro atoms. The molecule has 192 valence electrons. The Morgan fingerprint density at radius 1 is 0.718 bits per heavy atom. The smallest absolute Gasteiger partial charge is 0.168 e. The quantitative estimate of drug-likeness (QED) is 0.107. The summed E-state index contributed by atoms with van der Waals surface area (Å²) in [6.45, 7) is 9.73. The number of hydrogen-bond acceptors (Lipinski definition) is 0. The van der Waals surface area contributed by atoms with Crippen LogP contribution in [0, 0.1) is 13.8 Å². The van der Waals surface area contributed by atoms with Crippen molar-refractivity contribution in [2.24, 2.45) is 0 Å². The number of aryl methyl sites for hydroxylation is 2. The Kier molecular flexibility index (Phi) is 12.1. The molecule has 0 atom stereocenters. The summed E-state index contributed by atoms with van der Waals surface area (Å²) in [7, 11) is -0.493. The fraction of sp³-hybridized carbons (Fsp3) is 0.0811. The van der Waals surface area contributed by atoms with Crippen molar-refractivity contribution in [2.75, 3.05) is 0 Å². The van der Waals surface area contributed by atoms with Gasteiger partial charge in [0, 0.05) is 0 Å². The van der Waals surface area contributed by atoms with E-state index in [1.807, 2.05) is 19.1 Å². The normalized spacial score (nSPS) is 10.5. The van der Waals surface area contributed by atoms with Crippen LogP contribution in [0.15, 0.2) is 152 Å². The van der Waals surface area contributed by atoms with Gasteiger partial charge >= 0.3 is 26.2 Å². The molecule has 0 aromatic heterocycles. The zero-order valence-electron chi connectivity index (χ0n) is 23.0. The summed E-state index contributed by atoms with van der Waals surface area (Å²) in [6.07, 6.45) is 5.58. The molecule has 6 aromatic rings. The minimum atomic E-state index is -0.493. The van der Waals surface area contributed by atoms with Crippen molar-refractivity contribution in [1.29, 1.82) is 0 Å². The van der Waals surface area contributed by atoms with Gasteiger partial charge in [-0.3, -0.25) is 0 Å². The first-order valence-corrected chi connectivity index (χ1v) is 14.4. The third-order valence-electron chi connectivity index (χ3n) is 6.47. The van der Waals surface area contributed by atoms with Crippen LogP contribution >= 0.6 is 7.92 Å². The van der Waals surface area contributed by atoms with E-state index in [9.17, 15) is 0 Å². The van der Waals surface area contributed by atoms with Gasteiger partial charge in [0.05, 0.1) is 0 Å². The van der Waals surface area contributed by atoms with Gasteiger partial charge in [-0.25, -0.2) is 0 Å². The summed E-state index contributed by atoms with van der Waals surface area (Å²) in [4.78, 5) is 0. The molecule has 6 rings (SSSR count). The molecule has 2 heteroatoms. The monoisotopic (exact) mass is 600 g/mol. The fourth-order valence-electron chi connectivity index (χ4n) is 4.54. The Labute approximate surface area is 254 Å². The van der Waals surface area contributed by atoms with Crippen LogP contribution in [0.1, 0.15) is 18.1 Å². The molecule has 0 amide bonds. The standard InChI is InChI=1S/C21H16P.C11H11.C5H8.Zr/c1-3-11-19(12-4-1)22(20-13-5-2-6-14-20)21-15-17-9-7-8-10-18(17)16-21;1-8-6-7-9(2)11-5-3-4-10(8)11;1-3-5-4-2;/h1-16H;3-7H,1-2H3;3-5H,1H2,2H3;/q2*-1;;+2. The second kappa shape index (κ2) is 15.5. The van der Waals surface area contributed by atoms with Crippen molar-refractivity contribution in [3.05, 3.63) is 163 Å². The number of benzene rings is 4. The molecular formula is C37H35PZr. The minimum absolute atomic E-state index is 0. The Morgan fingerprint density at radius 2 is 1.31 bits per heavy atom. The summed E-state index contributed by atoms with van der Waals surface area (Å²) in [5, 5.41) is 9.68. The van der Waals surface area contributed by atoms with E-state index in [0.717, 1.165) is 0 Å². The van der Waals surface area contributed by atoms with Gasteiger partial charge in [0.25, 0.3) is 0 Å². The van der Waals surface area contributed by atoms with E-state index in [1.54, 1.807) is 6.08 Å². The van der Waals surface area contributed by atoms with Crippen molar-refractivity contribution in [3.63, 3.8) is 0 Å². The zero-order valence-corrected chi connectivity index (χ0v) is 26.4. The van der Waals surface area contributed by atoms with Gasteiger partial charge < -0.3 is 0 Å². The van der Waals surface area contributed by atoms with Crippen molar-refractivity contribution in [2.45, 2.75) is 20.8 Å². The largest absolute Gasteiger partial charge is 2.00 e. The van der Waals surface area contributed by atoms with E-state index >= 15 is 0 Å². The second-order valence-electron chi connectivity index (χ2n) is 9.16. The third-order valence-corrected chi connectivity index (χ3v) is 8.87. The number of fused-ring (bicyclic) bond motifs is 2. The van der Waals surface area contributed by atoms with Crippen molar-refractivity contribution >= 4 is 45.4 Å². The Balaban J connectivity index is 0.000000207. The first-order chi connectivity index (χ1) is 18.6. The average molecular weight is 602 g/mol. The van der Waals surface area contributed by atoms with Gasteiger partial charge in [-0.1, -0.05) is 110 Å². The predicted octanol–water partition coefficient (Wildman–Crippen LogP) is 9.24. The Bertz CT molecular complexity index is 1490. The Hall–Kier alpha value is -3.11. The summed E-state index contributed by atoms with van der Waals surface area (Å²) >= 11 is 0. The van der Waals surface area contributed by atoms with Crippen molar-refractivity contribution < 1.29 is 26.2 Å². The third kappa shape index (κ3) is 7.95. The summed E-state index contributed by atoms with van der Waals surface area (Å²) < 4.78 is 0. The number of rotatable bonds is 4. The van der Waals surface area contributed by atoms with E-state index in [1.165, 1.54) is 48.6 Å². The van der Waals surface area contributed by atoms with E-state index in [-0.39, 0.29) is 26.2 Å². The van der Waals surface area contributed by atoms with E-state index < -0.39 is 7.92 Å². The molecule has 0 N–H and O–H groups in total. The Morgan fingerprint density at radius 3 is 1.85 bits per heavy atom. The summed E-state index contributed by atoms with van der Waals surface area (Å²) in [5.41, 5.74) is 2.74. The van der Waals surface area contributed by atoms with E-state index in [4.69, 9.17) is 0 Å². The maximum Gasteiger partial charge on any atom is 2.00 e. The molecule has 6 aromatic carbocycles. The van der Waals surface area contributed by atoms with Crippen LogP contribution in [0.3, 0.4) is 0 Å². The summed E-state index contributed by atoms with van der Waals surface area (Å²) in [6, 6.07) is 45.8. The maximum absolute atomic E-state index is 3.46. The molecule has 0 aliphatic heterocycles. The molecule has 0 unspecified atom stereocenters. The molecule has 0 aliphatic rings. The molecule has 0 aliphatic carbocycles. The van der Waals surface area contributed by atoms with Crippen LogP contribution in [0.2, 0.25) is 0 Å². The van der Waals surface area contributed by atoms with Gasteiger partial charge in [-0.15, -0.1) is 68.8 Å². The van der Waals surface area contributed by atoms with Gasteiger partial charge in [0.2, 0.25) is 0 Å². The van der Waals surface area contributed by atoms with Gasteiger partial charge in [-0.05, 0) is 32.4 Å². The van der Waals surface area contributed by atoms with Gasteiger partial charge in [-0.2, -0.15) is 18.2 Å². The molecule has 0 radical (unpaired) electrons. The number of hydrogen-bond donors (Lipinski definition) is 0. The molecule has 0 bridgehead atoms. The van der Waals surface area contributed by atoms with Crippen molar-refractivity contribution in [3.8, 4) is 0 Å². The van der Waals surface area contributed by atoms with E-state index in [0.29, 0.717) is 0 Å². The number of allylic oxidation sites excluding steroid dienone is 3. The maximum atomic E-state index is 3.46. The molecular weight excluding hydrogens is 567 g/mol. The first-order valence-electron chi connectivity index (χ1n) is 13.0. The van der Waals surface area contributed by atoms with Gasteiger partial charge in [0.15, 0.2) is 0 Å². The van der Waals surface area contributed by atoms with Crippen LogP contribution < -0.4 is 15.9 Å². The van der Waals surface area contributed by atoms with Crippen LogP contribution in [-0.2, 0) is 26.2 Å².